The Balaban J connectivity index is 1.79. The normalized spacial score (nSPS) is 16.8. The van der Waals surface area contributed by atoms with E-state index in [1.165, 1.54) is 0 Å². The summed E-state index contributed by atoms with van der Waals surface area (Å²) >= 11 is 0. The molecule has 4 heteroatoms. The highest BCUT2D eigenvalue weighted by molar-refractivity contribution is 5.94. The summed E-state index contributed by atoms with van der Waals surface area (Å²) in [6.07, 6.45) is 6.48. The maximum absolute atomic E-state index is 11.9. The number of amides is 1. The van der Waals surface area contributed by atoms with Crippen LogP contribution in [0.25, 0.3) is 0 Å². The summed E-state index contributed by atoms with van der Waals surface area (Å²) in [7, 11) is 0. The number of nitrogens with one attached hydrogen (secondary N) is 1. The fourth-order valence-electron chi connectivity index (χ4n) is 2.47. The van der Waals surface area contributed by atoms with Crippen molar-refractivity contribution in [1.82, 2.24) is 0 Å². The van der Waals surface area contributed by atoms with Crippen molar-refractivity contribution in [3.05, 3.63) is 41.5 Å². The van der Waals surface area contributed by atoms with Gasteiger partial charge < -0.3 is 10.1 Å². The zero-order valence-electron chi connectivity index (χ0n) is 12.5. The van der Waals surface area contributed by atoms with Gasteiger partial charge in [0.1, 0.15) is 0 Å². The average Bonchev–Trinajstić information content (AvgIpc) is 2.94. The molecule has 2 rings (SSSR count). The standard InChI is InChI=1S/C17H21NO3/c1-12-6-5-7-13(2)17(12)18-15(19)11-21-16(20)10-14-8-3-4-9-14/h3,5-8,14H,4,9-11H2,1-2H3,(H,18,19)/t14-/m1/s1. The molecule has 0 bridgehead atoms. The third kappa shape index (κ3) is 4.45. The highest BCUT2D eigenvalue weighted by Crippen LogP contribution is 2.21. The highest BCUT2D eigenvalue weighted by Gasteiger charge is 2.16. The van der Waals surface area contributed by atoms with Crippen molar-refractivity contribution in [3.8, 4) is 0 Å². The van der Waals surface area contributed by atoms with Gasteiger partial charge >= 0.3 is 5.97 Å². The molecular weight excluding hydrogens is 266 g/mol. The summed E-state index contributed by atoms with van der Waals surface area (Å²) in [5.41, 5.74) is 2.77. The van der Waals surface area contributed by atoms with E-state index in [0.717, 1.165) is 29.7 Å². The minimum Gasteiger partial charge on any atom is -0.456 e. The molecule has 1 aliphatic rings. The highest BCUT2D eigenvalue weighted by atomic mass is 16.5. The fourth-order valence-corrected chi connectivity index (χ4v) is 2.47. The molecule has 1 atom stereocenters. The van der Waals surface area contributed by atoms with E-state index < -0.39 is 0 Å². The Morgan fingerprint density at radius 2 is 2.00 bits per heavy atom. The van der Waals surface area contributed by atoms with Crippen molar-refractivity contribution in [3.63, 3.8) is 0 Å². The minimum absolute atomic E-state index is 0.233. The summed E-state index contributed by atoms with van der Waals surface area (Å²) in [6.45, 7) is 3.63. The number of hydrogen-bond acceptors (Lipinski definition) is 3. The molecule has 0 spiro atoms. The molecule has 1 amide bonds. The van der Waals surface area contributed by atoms with Crippen LogP contribution in [0.2, 0.25) is 0 Å². The summed E-state index contributed by atoms with van der Waals surface area (Å²) in [5.74, 6) is -0.356. The molecule has 112 valence electrons. The van der Waals surface area contributed by atoms with Crippen molar-refractivity contribution < 1.29 is 14.3 Å². The minimum atomic E-state index is -0.316. The van der Waals surface area contributed by atoms with Gasteiger partial charge in [-0.15, -0.1) is 0 Å². The van der Waals surface area contributed by atoms with Gasteiger partial charge in [-0.3, -0.25) is 9.59 Å². The number of esters is 1. The molecule has 0 unspecified atom stereocenters. The molecule has 0 radical (unpaired) electrons. The second kappa shape index (κ2) is 7.07. The largest absolute Gasteiger partial charge is 0.456 e. The van der Waals surface area contributed by atoms with Crippen molar-refractivity contribution in [2.75, 3.05) is 11.9 Å². The number of aryl methyl sites for hydroxylation is 2. The summed E-state index contributed by atoms with van der Waals surface area (Å²) in [6, 6.07) is 5.80. The zero-order valence-corrected chi connectivity index (χ0v) is 12.5. The summed E-state index contributed by atoms with van der Waals surface area (Å²) in [4.78, 5) is 23.5. The van der Waals surface area contributed by atoms with E-state index >= 15 is 0 Å². The molecular formula is C17H21NO3. The van der Waals surface area contributed by atoms with Crippen molar-refractivity contribution in [2.24, 2.45) is 5.92 Å². The van der Waals surface area contributed by atoms with Crippen LogP contribution < -0.4 is 5.32 Å². The van der Waals surface area contributed by atoms with Crippen LogP contribution in [0, 0.1) is 19.8 Å². The van der Waals surface area contributed by atoms with Crippen molar-refractivity contribution in [2.45, 2.75) is 33.1 Å². The lowest BCUT2D eigenvalue weighted by molar-refractivity contribution is -0.147. The zero-order chi connectivity index (χ0) is 15.2. The Labute approximate surface area is 125 Å². The van der Waals surface area contributed by atoms with E-state index in [9.17, 15) is 9.59 Å². The maximum atomic E-state index is 11.9. The predicted octanol–water partition coefficient (Wildman–Crippen LogP) is 3.14. The smallest absolute Gasteiger partial charge is 0.306 e. The number of hydrogen-bond donors (Lipinski definition) is 1. The Hall–Kier alpha value is -2.10. The van der Waals surface area contributed by atoms with E-state index in [1.807, 2.05) is 38.1 Å². The van der Waals surface area contributed by atoms with E-state index in [0.29, 0.717) is 6.42 Å². The van der Waals surface area contributed by atoms with Crippen LogP contribution in [0.3, 0.4) is 0 Å². The van der Waals surface area contributed by atoms with Crippen LogP contribution in [-0.2, 0) is 14.3 Å². The second-order valence-corrected chi connectivity index (χ2v) is 5.45. The molecule has 0 saturated carbocycles. The number of anilines is 1. The molecule has 0 heterocycles. The van der Waals surface area contributed by atoms with Gasteiger partial charge in [-0.05, 0) is 43.7 Å². The lowest BCUT2D eigenvalue weighted by atomic mass is 10.1. The van der Waals surface area contributed by atoms with Crippen LogP contribution in [0.15, 0.2) is 30.4 Å². The quantitative estimate of drug-likeness (QED) is 0.668. The number of ether oxygens (including phenoxy) is 1. The first-order valence-corrected chi connectivity index (χ1v) is 7.24. The Morgan fingerprint density at radius 3 is 2.62 bits per heavy atom. The van der Waals surface area contributed by atoms with Crippen molar-refractivity contribution in [1.29, 1.82) is 0 Å². The van der Waals surface area contributed by atoms with E-state index in [4.69, 9.17) is 4.74 Å². The first-order valence-electron chi connectivity index (χ1n) is 7.24. The lowest BCUT2D eigenvalue weighted by Crippen LogP contribution is -2.22. The van der Waals surface area contributed by atoms with E-state index in [-0.39, 0.29) is 24.4 Å². The Morgan fingerprint density at radius 1 is 1.29 bits per heavy atom. The summed E-state index contributed by atoms with van der Waals surface area (Å²) < 4.78 is 5.03. The number of carbonyl (C=O) groups excluding carboxylic acids is 2. The number of carbonyl (C=O) groups is 2. The van der Waals surface area contributed by atoms with Crippen LogP contribution in [0.5, 0.6) is 0 Å². The predicted molar refractivity (Wildman–Crippen MR) is 82.0 cm³/mol. The summed E-state index contributed by atoms with van der Waals surface area (Å²) in [5, 5.41) is 2.80. The molecule has 0 saturated heterocycles. The topological polar surface area (TPSA) is 55.4 Å². The van der Waals surface area contributed by atoms with Gasteiger partial charge in [-0.1, -0.05) is 30.4 Å². The van der Waals surface area contributed by atoms with Crippen LogP contribution in [0.1, 0.15) is 30.4 Å². The van der Waals surface area contributed by atoms with Gasteiger partial charge in [0.15, 0.2) is 6.61 Å². The molecule has 1 N–H and O–H groups in total. The fraction of sp³-hybridized carbons (Fsp3) is 0.412. The number of benzene rings is 1. The molecule has 1 aromatic carbocycles. The monoisotopic (exact) mass is 287 g/mol. The molecule has 1 aliphatic carbocycles. The van der Waals surface area contributed by atoms with E-state index in [2.05, 4.69) is 11.4 Å². The van der Waals surface area contributed by atoms with Crippen molar-refractivity contribution >= 4 is 17.6 Å². The third-order valence-electron chi connectivity index (χ3n) is 3.65. The van der Waals surface area contributed by atoms with E-state index in [1.54, 1.807) is 0 Å². The first kappa shape index (κ1) is 15.3. The number of para-hydroxylation sites is 1. The van der Waals surface area contributed by atoms with Gasteiger partial charge in [-0.2, -0.15) is 0 Å². The second-order valence-electron chi connectivity index (χ2n) is 5.45. The Bertz CT molecular complexity index is 543. The SMILES string of the molecule is Cc1cccc(C)c1NC(=O)COC(=O)C[C@@H]1C=CCC1. The maximum Gasteiger partial charge on any atom is 0.306 e. The first-order chi connectivity index (χ1) is 10.1. The molecule has 0 aromatic heterocycles. The average molecular weight is 287 g/mol. The van der Waals surface area contributed by atoms with Gasteiger partial charge in [0.05, 0.1) is 6.42 Å². The van der Waals surface area contributed by atoms with Crippen LogP contribution in [-0.4, -0.2) is 18.5 Å². The Kier molecular flexibility index (Phi) is 5.14. The molecule has 1 aromatic rings. The lowest BCUT2D eigenvalue weighted by Gasteiger charge is -2.12. The van der Waals surface area contributed by atoms with Gasteiger partial charge in [0.2, 0.25) is 0 Å². The molecule has 0 aliphatic heterocycles. The molecule has 21 heavy (non-hydrogen) atoms. The van der Waals surface area contributed by atoms with Crippen LogP contribution in [0.4, 0.5) is 5.69 Å². The van der Waals surface area contributed by atoms with Gasteiger partial charge in [0, 0.05) is 5.69 Å². The third-order valence-corrected chi connectivity index (χ3v) is 3.65. The number of allylic oxidation sites excluding steroid dienone is 2. The molecule has 0 fully saturated rings. The van der Waals surface area contributed by atoms with Gasteiger partial charge in [0.25, 0.3) is 5.91 Å². The van der Waals surface area contributed by atoms with Crippen LogP contribution >= 0.6 is 0 Å². The van der Waals surface area contributed by atoms with Gasteiger partial charge in [-0.25, -0.2) is 0 Å². The molecule has 4 nitrogen and oxygen atoms in total. The number of rotatable bonds is 5.